The number of esters is 2. The number of rotatable bonds is 5. The Balaban J connectivity index is 2.10. The zero-order chi connectivity index (χ0) is 16.8. The quantitative estimate of drug-likeness (QED) is 0.475. The second-order valence-corrected chi connectivity index (χ2v) is 5.07. The number of ether oxygens (including phenoxy) is 2. The van der Waals surface area contributed by atoms with Crippen molar-refractivity contribution in [2.75, 3.05) is 6.61 Å². The van der Waals surface area contributed by atoms with Gasteiger partial charge in [-0.15, -0.1) is 0 Å². The highest BCUT2D eigenvalue weighted by molar-refractivity contribution is 5.84. The van der Waals surface area contributed by atoms with Crippen molar-refractivity contribution in [3.8, 4) is 5.75 Å². The molecule has 1 aromatic carbocycles. The lowest BCUT2D eigenvalue weighted by atomic mass is 9.83. The molecule has 2 atom stereocenters. The molecule has 0 amide bonds. The summed E-state index contributed by atoms with van der Waals surface area (Å²) in [6, 6.07) is 2.65. The van der Waals surface area contributed by atoms with E-state index in [1.54, 1.807) is 12.2 Å². The maximum absolute atomic E-state index is 13.6. The Bertz CT molecular complexity index is 639. The minimum absolute atomic E-state index is 0.0490. The number of carbonyl (C=O) groups is 2. The average Bonchev–Trinajstić information content (AvgIpc) is 2.55. The topological polar surface area (TPSA) is 52.6 Å². The van der Waals surface area contributed by atoms with E-state index in [2.05, 4.69) is 6.58 Å². The highest BCUT2D eigenvalue weighted by Crippen LogP contribution is 2.29. The van der Waals surface area contributed by atoms with Crippen LogP contribution >= 0.6 is 0 Å². The number of allylic oxidation sites excluding steroid dienone is 2. The molecular formula is C17H16F2O4. The van der Waals surface area contributed by atoms with E-state index in [0.717, 1.165) is 12.1 Å². The third kappa shape index (κ3) is 4.25. The Hall–Kier alpha value is -2.50. The van der Waals surface area contributed by atoms with Gasteiger partial charge in [0.25, 0.3) is 0 Å². The van der Waals surface area contributed by atoms with Crippen LogP contribution in [0, 0.1) is 23.5 Å². The third-order valence-electron chi connectivity index (χ3n) is 3.49. The molecule has 2 rings (SSSR count). The lowest BCUT2D eigenvalue weighted by Gasteiger charge is -2.25. The van der Waals surface area contributed by atoms with Crippen molar-refractivity contribution in [1.29, 1.82) is 0 Å². The Morgan fingerprint density at radius 1 is 1.17 bits per heavy atom. The summed E-state index contributed by atoms with van der Waals surface area (Å²) in [4.78, 5) is 24.2. The number of hydrogen-bond acceptors (Lipinski definition) is 4. The van der Waals surface area contributed by atoms with Gasteiger partial charge >= 0.3 is 11.9 Å². The minimum atomic E-state index is -0.976. The maximum Gasteiger partial charge on any atom is 0.315 e. The monoisotopic (exact) mass is 322 g/mol. The van der Waals surface area contributed by atoms with Gasteiger partial charge in [0.15, 0.2) is 11.6 Å². The minimum Gasteiger partial charge on any atom is -0.461 e. The molecular weight excluding hydrogens is 306 g/mol. The zero-order valence-electron chi connectivity index (χ0n) is 12.3. The van der Waals surface area contributed by atoms with Gasteiger partial charge in [-0.05, 0) is 25.0 Å². The van der Waals surface area contributed by atoms with E-state index in [0.29, 0.717) is 12.5 Å². The molecule has 0 aromatic heterocycles. The van der Waals surface area contributed by atoms with Crippen LogP contribution in [0.5, 0.6) is 5.75 Å². The van der Waals surface area contributed by atoms with Crippen molar-refractivity contribution in [3.63, 3.8) is 0 Å². The number of carbonyl (C=O) groups excluding carboxylic acids is 2. The molecule has 0 spiro atoms. The second-order valence-electron chi connectivity index (χ2n) is 5.07. The van der Waals surface area contributed by atoms with Gasteiger partial charge in [-0.1, -0.05) is 24.8 Å². The van der Waals surface area contributed by atoms with E-state index >= 15 is 0 Å². The van der Waals surface area contributed by atoms with Crippen LogP contribution in [-0.2, 0) is 14.3 Å². The van der Waals surface area contributed by atoms with Crippen molar-refractivity contribution in [2.24, 2.45) is 11.8 Å². The molecule has 23 heavy (non-hydrogen) atoms. The summed E-state index contributed by atoms with van der Waals surface area (Å²) < 4.78 is 36.4. The van der Waals surface area contributed by atoms with E-state index in [-0.39, 0.29) is 18.8 Å². The lowest BCUT2D eigenvalue weighted by Crippen LogP contribution is -2.35. The fourth-order valence-electron chi connectivity index (χ4n) is 2.33. The van der Waals surface area contributed by atoms with Crippen LogP contribution in [0.2, 0.25) is 0 Å². The van der Waals surface area contributed by atoms with Gasteiger partial charge in [-0.2, -0.15) is 0 Å². The first-order valence-electron chi connectivity index (χ1n) is 7.12. The molecule has 1 aromatic rings. The van der Waals surface area contributed by atoms with Crippen LogP contribution in [0.1, 0.15) is 12.8 Å². The molecule has 6 heteroatoms. The van der Waals surface area contributed by atoms with Gasteiger partial charge in [0.05, 0.1) is 11.8 Å². The molecule has 4 nitrogen and oxygen atoms in total. The van der Waals surface area contributed by atoms with Gasteiger partial charge in [0, 0.05) is 6.07 Å². The van der Waals surface area contributed by atoms with E-state index in [4.69, 9.17) is 9.47 Å². The predicted octanol–water partition coefficient (Wildman–Crippen LogP) is 3.18. The van der Waals surface area contributed by atoms with Crippen molar-refractivity contribution in [1.82, 2.24) is 0 Å². The molecule has 0 unspecified atom stereocenters. The Kier molecular flexibility index (Phi) is 5.62. The Labute approximate surface area is 132 Å². The highest BCUT2D eigenvalue weighted by atomic mass is 19.1. The predicted molar refractivity (Wildman–Crippen MR) is 78.5 cm³/mol. The summed E-state index contributed by atoms with van der Waals surface area (Å²) in [7, 11) is 0. The summed E-state index contributed by atoms with van der Waals surface area (Å²) >= 11 is 0. The summed E-state index contributed by atoms with van der Waals surface area (Å²) in [5.41, 5.74) is 0. The van der Waals surface area contributed by atoms with Crippen molar-refractivity contribution >= 4 is 11.9 Å². The summed E-state index contributed by atoms with van der Waals surface area (Å²) in [6.45, 7) is 3.50. The molecule has 0 saturated heterocycles. The molecule has 0 saturated carbocycles. The van der Waals surface area contributed by atoms with Gasteiger partial charge < -0.3 is 9.47 Å². The first kappa shape index (κ1) is 16.9. The van der Waals surface area contributed by atoms with Gasteiger partial charge in [-0.3, -0.25) is 9.59 Å². The van der Waals surface area contributed by atoms with Crippen molar-refractivity contribution in [2.45, 2.75) is 12.8 Å². The first-order chi connectivity index (χ1) is 11.0. The molecule has 0 aliphatic heterocycles. The maximum atomic E-state index is 13.6. The molecule has 0 radical (unpaired) electrons. The van der Waals surface area contributed by atoms with Crippen molar-refractivity contribution < 1.29 is 27.8 Å². The molecule has 1 aliphatic carbocycles. The molecule has 122 valence electrons. The summed E-state index contributed by atoms with van der Waals surface area (Å²) in [5, 5.41) is 0. The number of hydrogen-bond donors (Lipinski definition) is 0. The van der Waals surface area contributed by atoms with Crippen LogP contribution in [0.3, 0.4) is 0 Å². The average molecular weight is 322 g/mol. The van der Waals surface area contributed by atoms with E-state index in [9.17, 15) is 18.4 Å². The summed E-state index contributed by atoms with van der Waals surface area (Å²) in [6.07, 6.45) is 5.58. The summed E-state index contributed by atoms with van der Waals surface area (Å²) in [5.74, 6) is -4.87. The van der Waals surface area contributed by atoms with E-state index < -0.39 is 35.4 Å². The largest absolute Gasteiger partial charge is 0.461 e. The smallest absolute Gasteiger partial charge is 0.315 e. The molecule has 0 bridgehead atoms. The Morgan fingerprint density at radius 2 is 1.83 bits per heavy atom. The van der Waals surface area contributed by atoms with Crippen LogP contribution in [0.25, 0.3) is 0 Å². The zero-order valence-corrected chi connectivity index (χ0v) is 12.3. The fraction of sp³-hybridized carbons (Fsp3) is 0.294. The lowest BCUT2D eigenvalue weighted by molar-refractivity contribution is -0.156. The van der Waals surface area contributed by atoms with Crippen LogP contribution in [0.4, 0.5) is 8.78 Å². The Morgan fingerprint density at radius 3 is 2.43 bits per heavy atom. The normalized spacial score (nSPS) is 19.9. The number of benzene rings is 1. The van der Waals surface area contributed by atoms with Gasteiger partial charge in [-0.25, -0.2) is 8.78 Å². The molecule has 1 aliphatic rings. The van der Waals surface area contributed by atoms with Gasteiger partial charge in [0.1, 0.15) is 12.4 Å². The number of halogens is 2. The molecule has 0 N–H and O–H groups in total. The van der Waals surface area contributed by atoms with Crippen molar-refractivity contribution in [3.05, 3.63) is 54.6 Å². The fourth-order valence-corrected chi connectivity index (χ4v) is 2.33. The standard InChI is InChI=1S/C17H16F2O4/c1-2-9-22-16(20)12-5-3-4-6-13(12)17(21)23-15-8-7-11(18)10-14(15)19/h2-4,7-8,10,12-13H,1,5-6,9H2/t12-,13-/m1/s1. The SMILES string of the molecule is C=CCOC(=O)[C@@H]1CC=CC[C@H]1C(=O)Oc1ccc(F)cc1F. The second kappa shape index (κ2) is 7.67. The molecule has 0 fully saturated rings. The van der Waals surface area contributed by atoms with Crippen LogP contribution in [-0.4, -0.2) is 18.5 Å². The van der Waals surface area contributed by atoms with Crippen LogP contribution in [0.15, 0.2) is 43.0 Å². The first-order valence-corrected chi connectivity index (χ1v) is 7.12. The third-order valence-corrected chi connectivity index (χ3v) is 3.49. The van der Waals surface area contributed by atoms with E-state index in [1.165, 1.54) is 6.08 Å². The van der Waals surface area contributed by atoms with Gasteiger partial charge in [0.2, 0.25) is 0 Å². The molecule has 0 heterocycles. The highest BCUT2D eigenvalue weighted by Gasteiger charge is 2.36. The van der Waals surface area contributed by atoms with Crippen LogP contribution < -0.4 is 4.74 Å². The van der Waals surface area contributed by atoms with E-state index in [1.807, 2.05) is 0 Å².